The van der Waals surface area contributed by atoms with Crippen molar-refractivity contribution in [2.45, 2.75) is 39.2 Å². The second-order valence-corrected chi connectivity index (χ2v) is 8.19. The average molecular weight is 519 g/mol. The maximum Gasteiger partial charge on any atom is 0.409 e. The van der Waals surface area contributed by atoms with Crippen LogP contribution in [0.2, 0.25) is 0 Å². The van der Waals surface area contributed by atoms with Crippen molar-refractivity contribution in [2.24, 2.45) is 4.99 Å². The molecular weight excluding hydrogens is 485 g/mol. The Balaban J connectivity index is 0.00000676. The van der Waals surface area contributed by atoms with Crippen LogP contribution in [0.3, 0.4) is 0 Å². The quantitative estimate of drug-likeness (QED) is 0.215. The van der Waals surface area contributed by atoms with E-state index in [1.165, 1.54) is 10.6 Å². The Morgan fingerprint density at radius 2 is 1.93 bits per heavy atom. The molecule has 160 valence electrons. The molecule has 0 unspecified atom stereocenters. The monoisotopic (exact) mass is 519 g/mol. The number of rotatable bonds is 8. The normalized spacial score (nSPS) is 16.0. The lowest BCUT2D eigenvalue weighted by Crippen LogP contribution is -2.50. The fourth-order valence-corrected chi connectivity index (χ4v) is 3.76. The summed E-state index contributed by atoms with van der Waals surface area (Å²) in [6.45, 7) is 6.94. The van der Waals surface area contributed by atoms with Crippen LogP contribution >= 0.6 is 24.0 Å². The van der Waals surface area contributed by atoms with Crippen LogP contribution in [0.25, 0.3) is 0 Å². The molecule has 2 N–H and O–H groups in total. The van der Waals surface area contributed by atoms with E-state index in [1.807, 2.05) is 6.92 Å². The number of halogens is 1. The van der Waals surface area contributed by atoms with Crippen LogP contribution in [0.4, 0.5) is 4.79 Å². The van der Waals surface area contributed by atoms with Gasteiger partial charge in [0.05, 0.1) is 12.9 Å². The fraction of sp³-hybridized carbons (Fsp3) is 0.875. The maximum absolute atomic E-state index is 11.7. The molecule has 1 rings (SSSR count). The maximum atomic E-state index is 11.7. The number of guanidine groups is 1. The molecule has 0 aliphatic carbocycles. The summed E-state index contributed by atoms with van der Waals surface area (Å²) in [5.41, 5.74) is 0. The number of sulfonamides is 1. The Labute approximate surface area is 180 Å². The Hall–Kier alpha value is -0.820. The van der Waals surface area contributed by atoms with Gasteiger partial charge in [-0.25, -0.2) is 17.5 Å². The summed E-state index contributed by atoms with van der Waals surface area (Å²) in [5.74, 6) is 0.696. The van der Waals surface area contributed by atoms with Gasteiger partial charge in [0.15, 0.2) is 5.96 Å². The molecule has 0 aromatic heterocycles. The first kappa shape index (κ1) is 26.2. The SMILES string of the molecule is CCOC(=O)N1CCC(NC(=NC)NCCCN(CC)S(C)(=O)=O)CC1.I. The zero-order chi connectivity index (χ0) is 19.6. The molecule has 27 heavy (non-hydrogen) atoms. The van der Waals surface area contributed by atoms with Gasteiger partial charge >= 0.3 is 6.09 Å². The third kappa shape index (κ3) is 9.79. The van der Waals surface area contributed by atoms with Crippen LogP contribution in [0.15, 0.2) is 4.99 Å². The second-order valence-electron chi connectivity index (χ2n) is 6.21. The smallest absolute Gasteiger partial charge is 0.409 e. The fourth-order valence-electron chi connectivity index (χ4n) is 2.83. The lowest BCUT2D eigenvalue weighted by molar-refractivity contribution is 0.0963. The summed E-state index contributed by atoms with van der Waals surface area (Å²) < 4.78 is 29.6. The minimum absolute atomic E-state index is 0. The first-order valence-electron chi connectivity index (χ1n) is 9.15. The van der Waals surface area contributed by atoms with E-state index in [4.69, 9.17) is 4.74 Å². The molecule has 1 aliphatic rings. The third-order valence-electron chi connectivity index (χ3n) is 4.28. The van der Waals surface area contributed by atoms with Crippen molar-refractivity contribution in [3.05, 3.63) is 0 Å². The number of nitrogens with one attached hydrogen (secondary N) is 2. The van der Waals surface area contributed by atoms with E-state index in [2.05, 4.69) is 15.6 Å². The number of piperidine rings is 1. The molecule has 11 heteroatoms. The van der Waals surface area contributed by atoms with Gasteiger partial charge in [0, 0.05) is 45.8 Å². The van der Waals surface area contributed by atoms with Gasteiger partial charge in [0.25, 0.3) is 0 Å². The van der Waals surface area contributed by atoms with E-state index in [0.717, 1.165) is 12.8 Å². The van der Waals surface area contributed by atoms with E-state index in [0.29, 0.717) is 51.7 Å². The zero-order valence-corrected chi connectivity index (χ0v) is 19.9. The molecule has 0 saturated carbocycles. The highest BCUT2D eigenvalue weighted by Gasteiger charge is 2.24. The van der Waals surface area contributed by atoms with Crippen LogP contribution in [0.1, 0.15) is 33.1 Å². The van der Waals surface area contributed by atoms with Gasteiger partial charge in [0.2, 0.25) is 10.0 Å². The van der Waals surface area contributed by atoms with E-state index in [1.54, 1.807) is 18.9 Å². The van der Waals surface area contributed by atoms with Crippen LogP contribution in [-0.2, 0) is 14.8 Å². The van der Waals surface area contributed by atoms with Crippen molar-refractivity contribution in [1.82, 2.24) is 19.8 Å². The summed E-state index contributed by atoms with van der Waals surface area (Å²) in [6.07, 6.45) is 3.34. The van der Waals surface area contributed by atoms with E-state index in [9.17, 15) is 13.2 Å². The largest absolute Gasteiger partial charge is 0.450 e. The van der Waals surface area contributed by atoms with Crippen LogP contribution < -0.4 is 10.6 Å². The Bertz CT molecular complexity index is 565. The zero-order valence-electron chi connectivity index (χ0n) is 16.7. The van der Waals surface area contributed by atoms with Gasteiger partial charge in [-0.15, -0.1) is 24.0 Å². The molecule has 1 amide bonds. The van der Waals surface area contributed by atoms with Gasteiger partial charge in [-0.3, -0.25) is 4.99 Å². The first-order valence-corrected chi connectivity index (χ1v) is 11.0. The molecule has 0 aromatic carbocycles. The highest BCUT2D eigenvalue weighted by Crippen LogP contribution is 2.11. The third-order valence-corrected chi connectivity index (χ3v) is 5.66. The highest BCUT2D eigenvalue weighted by molar-refractivity contribution is 14.0. The van der Waals surface area contributed by atoms with Crippen LogP contribution in [0, 0.1) is 0 Å². The number of nitrogens with zero attached hydrogens (tertiary/aromatic N) is 3. The number of likely N-dealkylation sites (tertiary alicyclic amines) is 1. The molecule has 1 aliphatic heterocycles. The van der Waals surface area contributed by atoms with E-state index < -0.39 is 10.0 Å². The van der Waals surface area contributed by atoms with E-state index >= 15 is 0 Å². The first-order chi connectivity index (χ1) is 12.3. The predicted molar refractivity (Wildman–Crippen MR) is 118 cm³/mol. The molecule has 0 radical (unpaired) electrons. The number of hydrogen-bond acceptors (Lipinski definition) is 5. The van der Waals surface area contributed by atoms with Crippen molar-refractivity contribution >= 4 is 46.1 Å². The van der Waals surface area contributed by atoms with Crippen molar-refractivity contribution in [3.63, 3.8) is 0 Å². The van der Waals surface area contributed by atoms with Crippen LogP contribution in [0.5, 0.6) is 0 Å². The Kier molecular flexibility index (Phi) is 13.0. The topological polar surface area (TPSA) is 103 Å². The molecule has 0 spiro atoms. The van der Waals surface area contributed by atoms with Crippen molar-refractivity contribution in [2.75, 3.05) is 52.6 Å². The van der Waals surface area contributed by atoms with E-state index in [-0.39, 0.29) is 36.1 Å². The van der Waals surface area contributed by atoms with Gasteiger partial charge in [0.1, 0.15) is 0 Å². The molecular formula is C16H34IN5O4S. The summed E-state index contributed by atoms with van der Waals surface area (Å²) in [6, 6.07) is 0.245. The highest BCUT2D eigenvalue weighted by atomic mass is 127. The Morgan fingerprint density at radius 1 is 1.30 bits per heavy atom. The molecule has 0 aromatic rings. The number of amides is 1. The Morgan fingerprint density at radius 3 is 2.41 bits per heavy atom. The summed E-state index contributed by atoms with van der Waals surface area (Å²) >= 11 is 0. The molecule has 1 fully saturated rings. The minimum atomic E-state index is -3.14. The average Bonchev–Trinajstić information content (AvgIpc) is 2.60. The number of aliphatic imine (C=N–C) groups is 1. The summed E-state index contributed by atoms with van der Waals surface area (Å²) in [5, 5.41) is 6.57. The summed E-state index contributed by atoms with van der Waals surface area (Å²) in [4.78, 5) is 17.6. The summed E-state index contributed by atoms with van der Waals surface area (Å²) in [7, 11) is -1.44. The number of hydrogen-bond donors (Lipinski definition) is 2. The van der Waals surface area contributed by atoms with Gasteiger partial charge in [-0.1, -0.05) is 6.92 Å². The molecule has 1 heterocycles. The number of carbonyl (C=O) groups is 1. The lowest BCUT2D eigenvalue weighted by atomic mass is 10.1. The van der Waals surface area contributed by atoms with Gasteiger partial charge < -0.3 is 20.3 Å². The van der Waals surface area contributed by atoms with Crippen molar-refractivity contribution in [1.29, 1.82) is 0 Å². The van der Waals surface area contributed by atoms with Gasteiger partial charge in [-0.2, -0.15) is 0 Å². The molecule has 0 atom stereocenters. The van der Waals surface area contributed by atoms with Crippen LogP contribution in [-0.4, -0.2) is 88.4 Å². The number of ether oxygens (including phenoxy) is 1. The molecule has 0 bridgehead atoms. The molecule has 1 saturated heterocycles. The minimum Gasteiger partial charge on any atom is -0.450 e. The standard InChI is InChI=1S/C16H33N5O4S.HI/c1-5-21(26(4,23)24)11-7-10-18-15(17-3)19-14-8-12-20(13-9-14)16(22)25-6-2;/h14H,5-13H2,1-4H3,(H2,17,18,19);1H. The molecule has 9 nitrogen and oxygen atoms in total. The van der Waals surface area contributed by atoms with Crippen molar-refractivity contribution < 1.29 is 17.9 Å². The predicted octanol–water partition coefficient (Wildman–Crippen LogP) is 1.06. The second kappa shape index (κ2) is 13.4. The van der Waals surface area contributed by atoms with Gasteiger partial charge in [-0.05, 0) is 26.2 Å². The van der Waals surface area contributed by atoms with Crippen molar-refractivity contribution in [3.8, 4) is 0 Å². The number of carbonyl (C=O) groups excluding carboxylic acids is 1. The lowest BCUT2D eigenvalue weighted by Gasteiger charge is -2.32.